The molecule has 0 radical (unpaired) electrons. The predicted octanol–water partition coefficient (Wildman–Crippen LogP) is 0.985. The fraction of sp³-hybridized carbons (Fsp3) is 0.286. The Labute approximate surface area is 116 Å². The summed E-state index contributed by atoms with van der Waals surface area (Å²) in [6, 6.07) is 6.52. The molecular formula is C14H14N2O4. The highest BCUT2D eigenvalue weighted by Gasteiger charge is 2.28. The third-order valence-electron chi connectivity index (χ3n) is 2.91. The fourth-order valence-electron chi connectivity index (χ4n) is 1.87. The van der Waals surface area contributed by atoms with Crippen LogP contribution in [0.5, 0.6) is 0 Å². The number of carboxylic acid groups (broad SMARTS) is 1. The van der Waals surface area contributed by atoms with Crippen LogP contribution in [-0.2, 0) is 9.53 Å². The number of benzene rings is 1. The zero-order chi connectivity index (χ0) is 14.5. The first kappa shape index (κ1) is 13.9. The van der Waals surface area contributed by atoms with E-state index in [-0.39, 0.29) is 19.2 Å². The maximum Gasteiger partial charge on any atom is 0.334 e. The third kappa shape index (κ3) is 3.28. The van der Waals surface area contributed by atoms with E-state index in [9.17, 15) is 9.59 Å². The molecule has 1 unspecified atom stereocenters. The summed E-state index contributed by atoms with van der Waals surface area (Å²) in [4.78, 5) is 24.3. The molecule has 6 nitrogen and oxygen atoms in total. The number of terminal acetylenes is 1. The molecule has 2 amide bonds. The van der Waals surface area contributed by atoms with E-state index in [4.69, 9.17) is 16.3 Å². The second-order valence-corrected chi connectivity index (χ2v) is 4.30. The quantitative estimate of drug-likeness (QED) is 0.788. The van der Waals surface area contributed by atoms with Crippen LogP contribution in [0.2, 0.25) is 0 Å². The second-order valence-electron chi connectivity index (χ2n) is 4.30. The van der Waals surface area contributed by atoms with Crippen LogP contribution in [0.15, 0.2) is 24.3 Å². The molecule has 1 heterocycles. The van der Waals surface area contributed by atoms with E-state index >= 15 is 0 Å². The van der Waals surface area contributed by atoms with Crippen LogP contribution in [0.3, 0.4) is 0 Å². The number of aliphatic carboxylic acids is 1. The number of nitrogens with zero attached hydrogens (tertiary/aromatic N) is 1. The van der Waals surface area contributed by atoms with Gasteiger partial charge in [0.15, 0.2) is 6.10 Å². The molecule has 0 bridgehead atoms. The lowest BCUT2D eigenvalue weighted by atomic mass is 10.2. The molecule has 1 saturated heterocycles. The standard InChI is InChI=1S/C14H14N2O4/c1-2-10-4-3-5-11(8-10)15-14(19)16-6-7-20-12(9-16)13(17)18/h1,3-5,8,12H,6-7,9H2,(H,15,19)(H,17,18). The summed E-state index contributed by atoms with van der Waals surface area (Å²) in [7, 11) is 0. The van der Waals surface area contributed by atoms with Gasteiger partial charge in [-0.25, -0.2) is 9.59 Å². The lowest BCUT2D eigenvalue weighted by Crippen LogP contribution is -2.49. The highest BCUT2D eigenvalue weighted by Crippen LogP contribution is 2.12. The van der Waals surface area contributed by atoms with Crippen molar-refractivity contribution in [3.05, 3.63) is 29.8 Å². The van der Waals surface area contributed by atoms with Crippen molar-refractivity contribution in [2.75, 3.05) is 25.0 Å². The summed E-state index contributed by atoms with van der Waals surface area (Å²) in [5.41, 5.74) is 1.23. The van der Waals surface area contributed by atoms with Gasteiger partial charge in [0.2, 0.25) is 0 Å². The van der Waals surface area contributed by atoms with Gasteiger partial charge in [-0.2, -0.15) is 0 Å². The Morgan fingerprint density at radius 1 is 1.50 bits per heavy atom. The average Bonchev–Trinajstić information content (AvgIpc) is 2.47. The number of hydrogen-bond donors (Lipinski definition) is 2. The topological polar surface area (TPSA) is 78.9 Å². The molecule has 0 aromatic heterocycles. The maximum absolute atomic E-state index is 12.0. The predicted molar refractivity (Wildman–Crippen MR) is 72.3 cm³/mol. The summed E-state index contributed by atoms with van der Waals surface area (Å²) in [5.74, 6) is 1.41. The van der Waals surface area contributed by atoms with Crippen molar-refractivity contribution in [2.45, 2.75) is 6.10 Å². The first-order valence-corrected chi connectivity index (χ1v) is 6.07. The van der Waals surface area contributed by atoms with Gasteiger partial charge in [0.25, 0.3) is 0 Å². The monoisotopic (exact) mass is 274 g/mol. The van der Waals surface area contributed by atoms with Crippen LogP contribution in [0, 0.1) is 12.3 Å². The Morgan fingerprint density at radius 2 is 2.30 bits per heavy atom. The van der Waals surface area contributed by atoms with Crippen molar-refractivity contribution in [1.29, 1.82) is 0 Å². The van der Waals surface area contributed by atoms with Gasteiger partial charge in [0, 0.05) is 17.8 Å². The molecule has 20 heavy (non-hydrogen) atoms. The number of amides is 2. The third-order valence-corrected chi connectivity index (χ3v) is 2.91. The van der Waals surface area contributed by atoms with Gasteiger partial charge in [-0.05, 0) is 18.2 Å². The van der Waals surface area contributed by atoms with Gasteiger partial charge < -0.3 is 20.1 Å². The molecule has 1 fully saturated rings. The summed E-state index contributed by atoms with van der Waals surface area (Å²) in [6.07, 6.45) is 4.31. The molecule has 1 aromatic rings. The summed E-state index contributed by atoms with van der Waals surface area (Å²) in [6.45, 7) is 0.579. The first-order chi connectivity index (χ1) is 9.60. The average molecular weight is 274 g/mol. The summed E-state index contributed by atoms with van der Waals surface area (Å²) in [5, 5.41) is 11.6. The van der Waals surface area contributed by atoms with E-state index in [1.807, 2.05) is 0 Å². The minimum absolute atomic E-state index is 0.0238. The fourth-order valence-corrected chi connectivity index (χ4v) is 1.87. The van der Waals surface area contributed by atoms with Crippen molar-refractivity contribution in [3.63, 3.8) is 0 Å². The lowest BCUT2D eigenvalue weighted by Gasteiger charge is -2.30. The minimum Gasteiger partial charge on any atom is -0.479 e. The van der Waals surface area contributed by atoms with Crippen LogP contribution < -0.4 is 5.32 Å². The number of hydrogen-bond acceptors (Lipinski definition) is 3. The smallest absolute Gasteiger partial charge is 0.334 e. The Hall–Kier alpha value is -2.52. The second kappa shape index (κ2) is 6.08. The molecule has 1 aliphatic heterocycles. The molecule has 2 N–H and O–H groups in total. The highest BCUT2D eigenvalue weighted by molar-refractivity contribution is 5.90. The molecule has 1 aromatic carbocycles. The lowest BCUT2D eigenvalue weighted by molar-refractivity contribution is -0.154. The number of ether oxygens (including phenoxy) is 1. The molecule has 1 aliphatic rings. The van der Waals surface area contributed by atoms with Crippen LogP contribution >= 0.6 is 0 Å². The number of carbonyl (C=O) groups excluding carboxylic acids is 1. The van der Waals surface area contributed by atoms with Gasteiger partial charge in [0.05, 0.1) is 13.2 Å². The van der Waals surface area contributed by atoms with Gasteiger partial charge in [0.1, 0.15) is 0 Å². The molecule has 0 aliphatic carbocycles. The van der Waals surface area contributed by atoms with E-state index in [1.54, 1.807) is 24.3 Å². The van der Waals surface area contributed by atoms with Crippen molar-refractivity contribution < 1.29 is 19.4 Å². The number of morpholine rings is 1. The molecular weight excluding hydrogens is 260 g/mol. The number of anilines is 1. The Balaban J connectivity index is 2.01. The molecule has 2 rings (SSSR count). The van der Waals surface area contributed by atoms with E-state index in [0.717, 1.165) is 0 Å². The number of carboxylic acids is 1. The Bertz CT molecular complexity index is 565. The number of rotatable bonds is 2. The summed E-state index contributed by atoms with van der Waals surface area (Å²) >= 11 is 0. The number of nitrogens with one attached hydrogen (secondary N) is 1. The zero-order valence-corrected chi connectivity index (χ0v) is 10.7. The zero-order valence-electron chi connectivity index (χ0n) is 10.7. The highest BCUT2D eigenvalue weighted by atomic mass is 16.5. The normalized spacial score (nSPS) is 18.1. The number of urea groups is 1. The van der Waals surface area contributed by atoms with Gasteiger partial charge in [-0.3, -0.25) is 0 Å². The number of carbonyl (C=O) groups is 2. The molecule has 0 saturated carbocycles. The Morgan fingerprint density at radius 3 is 3.00 bits per heavy atom. The first-order valence-electron chi connectivity index (χ1n) is 6.07. The summed E-state index contributed by atoms with van der Waals surface area (Å²) < 4.78 is 5.06. The molecule has 6 heteroatoms. The minimum atomic E-state index is -1.07. The van der Waals surface area contributed by atoms with Crippen molar-refractivity contribution in [2.24, 2.45) is 0 Å². The van der Waals surface area contributed by atoms with Crippen LogP contribution in [-0.4, -0.2) is 47.8 Å². The van der Waals surface area contributed by atoms with Crippen LogP contribution in [0.1, 0.15) is 5.56 Å². The Kier molecular flexibility index (Phi) is 4.23. The largest absolute Gasteiger partial charge is 0.479 e. The van der Waals surface area contributed by atoms with Crippen molar-refractivity contribution >= 4 is 17.7 Å². The van der Waals surface area contributed by atoms with Gasteiger partial charge in [-0.1, -0.05) is 12.0 Å². The van der Waals surface area contributed by atoms with E-state index in [1.165, 1.54) is 4.90 Å². The van der Waals surface area contributed by atoms with Gasteiger partial charge >= 0.3 is 12.0 Å². The van der Waals surface area contributed by atoms with Crippen LogP contribution in [0.4, 0.5) is 10.5 Å². The molecule has 104 valence electrons. The van der Waals surface area contributed by atoms with Crippen LogP contribution in [0.25, 0.3) is 0 Å². The SMILES string of the molecule is C#Cc1cccc(NC(=O)N2CCOC(C(=O)O)C2)c1. The van der Waals surface area contributed by atoms with E-state index in [2.05, 4.69) is 11.2 Å². The maximum atomic E-state index is 12.0. The van der Waals surface area contributed by atoms with Crippen molar-refractivity contribution in [1.82, 2.24) is 4.90 Å². The van der Waals surface area contributed by atoms with Crippen molar-refractivity contribution in [3.8, 4) is 12.3 Å². The van der Waals surface area contributed by atoms with E-state index in [0.29, 0.717) is 17.8 Å². The van der Waals surface area contributed by atoms with E-state index < -0.39 is 12.1 Å². The molecule has 1 atom stereocenters. The van der Waals surface area contributed by atoms with Gasteiger partial charge in [-0.15, -0.1) is 6.42 Å². The molecule has 0 spiro atoms.